The summed E-state index contributed by atoms with van der Waals surface area (Å²) in [5.74, 6) is -0.0667. The third-order valence-corrected chi connectivity index (χ3v) is 4.41. The van der Waals surface area contributed by atoms with Crippen LogP contribution in [0.3, 0.4) is 0 Å². The minimum absolute atomic E-state index is 0.106. The van der Waals surface area contributed by atoms with Gasteiger partial charge in [0.15, 0.2) is 5.75 Å². The number of benzene rings is 2. The van der Waals surface area contributed by atoms with E-state index in [0.717, 1.165) is 12.0 Å². The molecule has 0 fully saturated rings. The number of ether oxygens (including phenoxy) is 1. The molecule has 0 aliphatic carbocycles. The third-order valence-electron chi connectivity index (χ3n) is 3.66. The Balaban J connectivity index is 1.68. The molecule has 0 amide bonds. The van der Waals surface area contributed by atoms with E-state index in [1.807, 2.05) is 12.3 Å². The third kappa shape index (κ3) is 4.89. The molecule has 9 heteroatoms. The first-order valence-electron chi connectivity index (χ1n) is 8.48. The predicted molar refractivity (Wildman–Crippen MR) is 108 cm³/mol. The fraction of sp³-hybridized carbons (Fsp3) is 0.158. The quantitative estimate of drug-likeness (QED) is 0.323. The molecule has 0 bridgehead atoms. The molecule has 3 aromatic rings. The molecule has 28 heavy (non-hydrogen) atoms. The van der Waals surface area contributed by atoms with E-state index in [0.29, 0.717) is 23.0 Å². The highest BCUT2D eigenvalue weighted by molar-refractivity contribution is 7.14. The number of nitro groups is 1. The summed E-state index contributed by atoms with van der Waals surface area (Å²) in [4.78, 5) is 15.1. The maximum Gasteiger partial charge on any atom is 0.311 e. The minimum Gasteiger partial charge on any atom is -0.487 e. The number of aromatic nitrogens is 1. The van der Waals surface area contributed by atoms with Crippen molar-refractivity contribution in [1.82, 2.24) is 4.98 Å². The second kappa shape index (κ2) is 9.05. The average Bonchev–Trinajstić information content (AvgIpc) is 3.16. The first kappa shape index (κ1) is 19.4. The molecule has 3 rings (SSSR count). The Kier molecular flexibility index (Phi) is 6.28. The van der Waals surface area contributed by atoms with Gasteiger partial charge in [0.25, 0.3) is 0 Å². The van der Waals surface area contributed by atoms with E-state index in [1.165, 1.54) is 35.8 Å². The van der Waals surface area contributed by atoms with Crippen molar-refractivity contribution in [3.8, 4) is 17.0 Å². The maximum atomic E-state index is 13.0. The lowest BCUT2D eigenvalue weighted by Gasteiger charge is -2.05. The number of hydrogen-bond acceptors (Lipinski definition) is 7. The van der Waals surface area contributed by atoms with Crippen molar-refractivity contribution < 1.29 is 14.1 Å². The van der Waals surface area contributed by atoms with E-state index in [2.05, 4.69) is 15.5 Å². The number of nitrogens with zero attached hydrogens (tertiary/aromatic N) is 3. The fourth-order valence-electron chi connectivity index (χ4n) is 2.33. The standard InChI is InChI=1S/C19H17FN4O3S/c1-2-9-27-18-8-3-13(10-17(18)24(25)26)11-21-23-19-22-16(12-28-19)14-4-6-15(20)7-5-14/h3-8,10-12H,2,9H2,1H3,(H,22,23)/b21-11-. The van der Waals surface area contributed by atoms with E-state index in [4.69, 9.17) is 4.74 Å². The lowest BCUT2D eigenvalue weighted by Crippen LogP contribution is -2.00. The molecule has 0 unspecified atom stereocenters. The first-order valence-corrected chi connectivity index (χ1v) is 9.36. The van der Waals surface area contributed by atoms with Gasteiger partial charge in [-0.15, -0.1) is 11.3 Å². The van der Waals surface area contributed by atoms with Crippen LogP contribution in [0.2, 0.25) is 0 Å². The Labute approximate surface area is 164 Å². The van der Waals surface area contributed by atoms with Crippen molar-refractivity contribution in [2.45, 2.75) is 13.3 Å². The highest BCUT2D eigenvalue weighted by Gasteiger charge is 2.15. The smallest absolute Gasteiger partial charge is 0.311 e. The van der Waals surface area contributed by atoms with Crippen LogP contribution in [0, 0.1) is 15.9 Å². The first-order chi connectivity index (χ1) is 13.6. The number of anilines is 1. The van der Waals surface area contributed by atoms with Crippen LogP contribution in [0.1, 0.15) is 18.9 Å². The van der Waals surface area contributed by atoms with Crippen molar-refractivity contribution in [3.05, 3.63) is 69.3 Å². The van der Waals surface area contributed by atoms with Crippen molar-refractivity contribution in [2.75, 3.05) is 12.0 Å². The Morgan fingerprint density at radius 2 is 2.11 bits per heavy atom. The van der Waals surface area contributed by atoms with Crippen LogP contribution in [-0.2, 0) is 0 Å². The van der Waals surface area contributed by atoms with E-state index in [1.54, 1.807) is 24.3 Å². The Hall–Kier alpha value is -3.33. The molecule has 2 aromatic carbocycles. The largest absolute Gasteiger partial charge is 0.487 e. The lowest BCUT2D eigenvalue weighted by molar-refractivity contribution is -0.385. The van der Waals surface area contributed by atoms with E-state index in [-0.39, 0.29) is 17.3 Å². The van der Waals surface area contributed by atoms with Gasteiger partial charge in [0.1, 0.15) is 5.82 Å². The number of hydrazone groups is 1. The summed E-state index contributed by atoms with van der Waals surface area (Å²) < 4.78 is 18.4. The highest BCUT2D eigenvalue weighted by Crippen LogP contribution is 2.28. The van der Waals surface area contributed by atoms with E-state index >= 15 is 0 Å². The summed E-state index contributed by atoms with van der Waals surface area (Å²) >= 11 is 1.35. The van der Waals surface area contributed by atoms with Crippen LogP contribution in [0.5, 0.6) is 5.75 Å². The topological polar surface area (TPSA) is 89.7 Å². The Morgan fingerprint density at radius 1 is 1.32 bits per heavy atom. The molecule has 0 saturated carbocycles. The molecule has 7 nitrogen and oxygen atoms in total. The number of nitrogens with one attached hydrogen (secondary N) is 1. The number of halogens is 1. The minimum atomic E-state index is -0.481. The van der Waals surface area contributed by atoms with Crippen molar-refractivity contribution >= 4 is 28.4 Å². The van der Waals surface area contributed by atoms with Crippen LogP contribution in [0.4, 0.5) is 15.2 Å². The molecule has 0 atom stereocenters. The lowest BCUT2D eigenvalue weighted by atomic mass is 10.2. The molecule has 1 aromatic heterocycles. The van der Waals surface area contributed by atoms with Crippen LogP contribution in [-0.4, -0.2) is 22.7 Å². The maximum absolute atomic E-state index is 13.0. The molecule has 1 N–H and O–H groups in total. The van der Waals surface area contributed by atoms with Gasteiger partial charge < -0.3 is 4.74 Å². The van der Waals surface area contributed by atoms with Crippen LogP contribution in [0.25, 0.3) is 11.3 Å². The zero-order valence-corrected chi connectivity index (χ0v) is 15.8. The molecule has 0 aliphatic heterocycles. The highest BCUT2D eigenvalue weighted by atomic mass is 32.1. The van der Waals surface area contributed by atoms with Gasteiger partial charge in [-0.2, -0.15) is 5.10 Å². The molecule has 0 spiro atoms. The molecule has 0 radical (unpaired) electrons. The van der Waals surface area contributed by atoms with Crippen LogP contribution < -0.4 is 10.2 Å². The summed E-state index contributed by atoms with van der Waals surface area (Å²) in [5, 5.41) is 17.7. The zero-order valence-electron chi connectivity index (χ0n) is 15.0. The van der Waals surface area contributed by atoms with Gasteiger partial charge in [0.05, 0.1) is 23.4 Å². The van der Waals surface area contributed by atoms with E-state index < -0.39 is 4.92 Å². The molecular formula is C19H17FN4O3S. The molecule has 1 heterocycles. The van der Waals surface area contributed by atoms with Gasteiger partial charge >= 0.3 is 5.69 Å². The summed E-state index contributed by atoms with van der Waals surface area (Å²) in [7, 11) is 0. The average molecular weight is 400 g/mol. The molecule has 0 aliphatic rings. The van der Waals surface area contributed by atoms with Gasteiger partial charge in [-0.3, -0.25) is 15.5 Å². The van der Waals surface area contributed by atoms with Gasteiger partial charge in [0.2, 0.25) is 5.13 Å². The van der Waals surface area contributed by atoms with Crippen molar-refractivity contribution in [1.29, 1.82) is 0 Å². The second-order valence-corrected chi connectivity index (χ2v) is 6.61. The number of rotatable bonds is 8. The predicted octanol–water partition coefficient (Wildman–Crippen LogP) is 5.09. The van der Waals surface area contributed by atoms with Gasteiger partial charge in [-0.1, -0.05) is 6.92 Å². The van der Waals surface area contributed by atoms with Crippen LogP contribution in [0.15, 0.2) is 52.9 Å². The van der Waals surface area contributed by atoms with Gasteiger partial charge in [-0.25, -0.2) is 9.37 Å². The Bertz CT molecular complexity index is 989. The SMILES string of the molecule is CCCOc1ccc(/C=N\Nc2nc(-c3ccc(F)cc3)cs2)cc1[N+](=O)[O-]. The van der Waals surface area contributed by atoms with Gasteiger partial charge in [0, 0.05) is 22.6 Å². The zero-order chi connectivity index (χ0) is 19.9. The summed E-state index contributed by atoms with van der Waals surface area (Å²) in [6, 6.07) is 10.7. The van der Waals surface area contributed by atoms with Gasteiger partial charge in [-0.05, 0) is 42.8 Å². The molecule has 144 valence electrons. The Morgan fingerprint density at radius 3 is 2.82 bits per heavy atom. The summed E-state index contributed by atoms with van der Waals surface area (Å²) in [6.07, 6.45) is 2.23. The number of nitro benzene ring substituents is 1. The monoisotopic (exact) mass is 400 g/mol. The molecule has 0 saturated heterocycles. The van der Waals surface area contributed by atoms with Crippen LogP contribution >= 0.6 is 11.3 Å². The second-order valence-electron chi connectivity index (χ2n) is 5.75. The normalized spacial score (nSPS) is 10.9. The summed E-state index contributed by atoms with van der Waals surface area (Å²) in [6.45, 7) is 2.34. The van der Waals surface area contributed by atoms with Crippen molar-refractivity contribution in [3.63, 3.8) is 0 Å². The number of thiazole rings is 1. The molecular weight excluding hydrogens is 383 g/mol. The number of hydrogen-bond donors (Lipinski definition) is 1. The van der Waals surface area contributed by atoms with E-state index in [9.17, 15) is 14.5 Å². The van der Waals surface area contributed by atoms with Crippen molar-refractivity contribution in [2.24, 2.45) is 5.10 Å². The fourth-order valence-corrected chi connectivity index (χ4v) is 3.00. The summed E-state index contributed by atoms with van der Waals surface area (Å²) in [5.41, 5.74) is 4.75.